The number of hydrogen-bond donors (Lipinski definition) is 1. The Hall–Kier alpha value is -2.66. The molecule has 1 unspecified atom stereocenters. The molecule has 0 amide bonds. The molecule has 0 radical (unpaired) electrons. The van der Waals surface area contributed by atoms with Gasteiger partial charge in [0.2, 0.25) is 0 Å². The number of aryl methyl sites for hydroxylation is 1. The number of nitrogens with zero attached hydrogens (tertiary/aromatic N) is 2. The van der Waals surface area contributed by atoms with Crippen molar-refractivity contribution in [3.63, 3.8) is 0 Å². The largest absolute Gasteiger partial charge is 0.487 e. The number of halogens is 2. The predicted octanol–water partition coefficient (Wildman–Crippen LogP) is 5.72. The van der Waals surface area contributed by atoms with Gasteiger partial charge in [-0.25, -0.2) is 4.98 Å². The van der Waals surface area contributed by atoms with Gasteiger partial charge in [0, 0.05) is 17.8 Å². The number of benzene rings is 2. The summed E-state index contributed by atoms with van der Waals surface area (Å²) in [5.74, 6) is 0.730. The molecule has 30 heavy (non-hydrogen) atoms. The fourth-order valence-electron chi connectivity index (χ4n) is 3.17. The van der Waals surface area contributed by atoms with Crippen molar-refractivity contribution < 1.29 is 9.84 Å². The number of aliphatic hydroxyl groups is 1. The molecule has 0 saturated heterocycles. The highest BCUT2D eigenvalue weighted by atomic mass is 35.5. The SMILES string of the molecule is Cl.Cl.OC(CCc1cccnc1)c1cccc(OCc2ccc3ccccc3n2)c1. The second-order valence-corrected chi connectivity index (χ2v) is 6.77. The van der Waals surface area contributed by atoms with E-state index in [0.29, 0.717) is 13.0 Å². The maximum absolute atomic E-state index is 10.5. The molecule has 0 saturated carbocycles. The van der Waals surface area contributed by atoms with Gasteiger partial charge >= 0.3 is 0 Å². The first-order valence-corrected chi connectivity index (χ1v) is 9.42. The average Bonchev–Trinajstić information content (AvgIpc) is 2.77. The van der Waals surface area contributed by atoms with Crippen molar-refractivity contribution in [1.82, 2.24) is 9.97 Å². The molecule has 1 atom stereocenters. The topological polar surface area (TPSA) is 55.2 Å². The molecule has 0 fully saturated rings. The zero-order valence-corrected chi connectivity index (χ0v) is 18.0. The van der Waals surface area contributed by atoms with E-state index in [1.807, 2.05) is 72.9 Å². The molecule has 0 spiro atoms. The van der Waals surface area contributed by atoms with Crippen LogP contribution >= 0.6 is 24.8 Å². The normalized spacial score (nSPS) is 11.2. The van der Waals surface area contributed by atoms with Crippen molar-refractivity contribution in [2.45, 2.75) is 25.6 Å². The van der Waals surface area contributed by atoms with Crippen LogP contribution in [0.4, 0.5) is 0 Å². The molecule has 2 aromatic carbocycles. The van der Waals surface area contributed by atoms with Gasteiger partial charge in [0.15, 0.2) is 0 Å². The zero-order valence-electron chi connectivity index (χ0n) is 16.3. The van der Waals surface area contributed by atoms with E-state index < -0.39 is 6.10 Å². The highest BCUT2D eigenvalue weighted by Gasteiger charge is 2.09. The first kappa shape index (κ1) is 23.6. The third kappa shape index (κ3) is 6.17. The Morgan fingerprint density at radius 1 is 0.900 bits per heavy atom. The molecule has 4 nitrogen and oxygen atoms in total. The van der Waals surface area contributed by atoms with E-state index in [1.165, 1.54) is 0 Å². The van der Waals surface area contributed by atoms with Gasteiger partial charge in [0.1, 0.15) is 12.4 Å². The number of ether oxygens (including phenoxy) is 1. The van der Waals surface area contributed by atoms with Crippen LogP contribution in [0.25, 0.3) is 10.9 Å². The van der Waals surface area contributed by atoms with Crippen LogP contribution in [0.15, 0.2) is 85.2 Å². The van der Waals surface area contributed by atoms with E-state index in [1.54, 1.807) is 6.20 Å². The quantitative estimate of drug-likeness (QED) is 0.397. The highest BCUT2D eigenvalue weighted by Crippen LogP contribution is 2.24. The molecular weight excluding hydrogens is 419 g/mol. The van der Waals surface area contributed by atoms with E-state index in [2.05, 4.69) is 16.0 Å². The van der Waals surface area contributed by atoms with Crippen LogP contribution in [0, 0.1) is 0 Å². The van der Waals surface area contributed by atoms with Gasteiger partial charge in [0.05, 0.1) is 17.3 Å². The second-order valence-electron chi connectivity index (χ2n) is 6.77. The molecule has 0 bridgehead atoms. The zero-order chi connectivity index (χ0) is 19.2. The van der Waals surface area contributed by atoms with Crippen molar-refractivity contribution >= 4 is 35.7 Å². The van der Waals surface area contributed by atoms with Crippen LogP contribution in [0.5, 0.6) is 5.75 Å². The monoisotopic (exact) mass is 442 g/mol. The van der Waals surface area contributed by atoms with E-state index in [9.17, 15) is 5.11 Å². The van der Waals surface area contributed by atoms with Gasteiger partial charge in [-0.15, -0.1) is 24.8 Å². The third-order valence-corrected chi connectivity index (χ3v) is 4.71. The van der Waals surface area contributed by atoms with E-state index in [0.717, 1.165) is 39.9 Å². The minimum atomic E-state index is -0.539. The minimum Gasteiger partial charge on any atom is -0.487 e. The molecule has 0 aliphatic heterocycles. The molecular formula is C24H24Cl2N2O2. The maximum atomic E-state index is 10.5. The second kappa shape index (κ2) is 11.5. The Labute approximate surface area is 188 Å². The lowest BCUT2D eigenvalue weighted by atomic mass is 10.0. The minimum absolute atomic E-state index is 0. The smallest absolute Gasteiger partial charge is 0.130 e. The summed E-state index contributed by atoms with van der Waals surface area (Å²) in [5.41, 5.74) is 3.81. The predicted molar refractivity (Wildman–Crippen MR) is 125 cm³/mol. The molecule has 4 aromatic rings. The Balaban J connectivity index is 0.00000160. The first-order valence-electron chi connectivity index (χ1n) is 9.42. The maximum Gasteiger partial charge on any atom is 0.130 e. The van der Waals surface area contributed by atoms with Crippen LogP contribution < -0.4 is 4.74 Å². The van der Waals surface area contributed by atoms with Gasteiger partial charge in [0.25, 0.3) is 0 Å². The lowest BCUT2D eigenvalue weighted by Crippen LogP contribution is -2.02. The molecule has 6 heteroatoms. The summed E-state index contributed by atoms with van der Waals surface area (Å²) in [6.07, 6.45) is 4.47. The summed E-state index contributed by atoms with van der Waals surface area (Å²) in [5, 5.41) is 11.6. The van der Waals surface area contributed by atoms with E-state index in [4.69, 9.17) is 4.74 Å². The summed E-state index contributed by atoms with van der Waals surface area (Å²) >= 11 is 0. The van der Waals surface area contributed by atoms with Crippen LogP contribution in [0.1, 0.15) is 29.3 Å². The molecule has 156 valence electrons. The van der Waals surface area contributed by atoms with Crippen molar-refractivity contribution in [2.24, 2.45) is 0 Å². The Morgan fingerprint density at radius 3 is 2.60 bits per heavy atom. The molecule has 1 N–H and O–H groups in total. The summed E-state index contributed by atoms with van der Waals surface area (Å²) in [4.78, 5) is 8.74. The molecule has 4 rings (SSSR count). The summed E-state index contributed by atoms with van der Waals surface area (Å²) < 4.78 is 5.91. The highest BCUT2D eigenvalue weighted by molar-refractivity contribution is 5.85. The number of fused-ring (bicyclic) bond motifs is 1. The average molecular weight is 443 g/mol. The van der Waals surface area contributed by atoms with Crippen molar-refractivity contribution in [3.8, 4) is 5.75 Å². The van der Waals surface area contributed by atoms with Gasteiger partial charge in [-0.2, -0.15) is 0 Å². The number of hydrogen-bond acceptors (Lipinski definition) is 4. The van der Waals surface area contributed by atoms with Crippen LogP contribution in [-0.4, -0.2) is 15.1 Å². The van der Waals surface area contributed by atoms with E-state index >= 15 is 0 Å². The Bertz CT molecular complexity index is 1060. The van der Waals surface area contributed by atoms with Crippen LogP contribution in [-0.2, 0) is 13.0 Å². The van der Waals surface area contributed by atoms with Crippen LogP contribution in [0.3, 0.4) is 0 Å². The lowest BCUT2D eigenvalue weighted by molar-refractivity contribution is 0.167. The molecule has 0 aliphatic rings. The number of rotatable bonds is 7. The molecule has 2 aromatic heterocycles. The fraction of sp³-hybridized carbons (Fsp3) is 0.167. The third-order valence-electron chi connectivity index (χ3n) is 4.71. The number of aliphatic hydroxyl groups excluding tert-OH is 1. The van der Waals surface area contributed by atoms with Crippen molar-refractivity contribution in [2.75, 3.05) is 0 Å². The molecule has 2 heterocycles. The summed E-state index contributed by atoms with van der Waals surface area (Å²) in [6.45, 7) is 0.389. The fourth-order valence-corrected chi connectivity index (χ4v) is 3.17. The van der Waals surface area contributed by atoms with E-state index in [-0.39, 0.29) is 24.8 Å². The van der Waals surface area contributed by atoms with Gasteiger partial charge < -0.3 is 9.84 Å². The standard InChI is InChI=1S/C24H22N2O2.2ClH/c27-24(13-10-18-5-4-14-25-16-18)20-7-3-8-22(15-20)28-17-21-12-11-19-6-1-2-9-23(19)26-21;;/h1-9,11-12,14-16,24,27H,10,13,17H2;2*1H. The van der Waals surface area contributed by atoms with Crippen molar-refractivity contribution in [1.29, 1.82) is 0 Å². The molecule has 0 aliphatic carbocycles. The van der Waals surface area contributed by atoms with Gasteiger partial charge in [-0.3, -0.25) is 4.98 Å². The lowest BCUT2D eigenvalue weighted by Gasteiger charge is -2.13. The first-order chi connectivity index (χ1) is 13.8. The Morgan fingerprint density at radius 2 is 1.77 bits per heavy atom. The number of pyridine rings is 2. The number of aromatic nitrogens is 2. The van der Waals surface area contributed by atoms with Crippen LogP contribution in [0.2, 0.25) is 0 Å². The summed E-state index contributed by atoms with van der Waals surface area (Å²) in [7, 11) is 0. The van der Waals surface area contributed by atoms with Gasteiger partial charge in [-0.1, -0.05) is 42.5 Å². The van der Waals surface area contributed by atoms with Gasteiger partial charge in [-0.05, 0) is 54.3 Å². The number of para-hydroxylation sites is 1. The summed E-state index contributed by atoms with van der Waals surface area (Å²) in [6, 6.07) is 23.6. The Kier molecular flexibility index (Phi) is 9.06. The van der Waals surface area contributed by atoms with Crippen molar-refractivity contribution in [3.05, 3.63) is 102 Å².